The van der Waals surface area contributed by atoms with Crippen molar-refractivity contribution >= 4 is 68.6 Å². The summed E-state index contributed by atoms with van der Waals surface area (Å²) in [6.07, 6.45) is 8.20. The Hall–Kier alpha value is -6.00. The Labute approximate surface area is 303 Å². The average Bonchev–Trinajstić information content (AvgIpc) is 3.15. The van der Waals surface area contributed by atoms with Crippen LogP contribution in [0.1, 0.15) is 33.3 Å². The highest BCUT2D eigenvalue weighted by atomic mass is 15.2. The van der Waals surface area contributed by atoms with Gasteiger partial charge >= 0.3 is 0 Å². The van der Waals surface area contributed by atoms with E-state index < -0.39 is 0 Å². The fourth-order valence-electron chi connectivity index (χ4n) is 7.66. The first-order valence-corrected chi connectivity index (χ1v) is 17.8. The van der Waals surface area contributed by atoms with Gasteiger partial charge in [0.2, 0.25) is 0 Å². The van der Waals surface area contributed by atoms with E-state index in [9.17, 15) is 0 Å². The monoisotopic (exact) mass is 659 g/mol. The third kappa shape index (κ3) is 5.67. The van der Waals surface area contributed by atoms with Crippen LogP contribution in [0.15, 0.2) is 182 Å². The molecule has 0 amide bonds. The second kappa shape index (κ2) is 13.0. The van der Waals surface area contributed by atoms with Gasteiger partial charge in [-0.05, 0) is 107 Å². The molecule has 0 atom stereocenters. The fourth-order valence-corrected chi connectivity index (χ4v) is 7.66. The molecule has 51 heavy (non-hydrogen) atoms. The molecule has 2 heterocycles. The second-order valence-electron chi connectivity index (χ2n) is 14.3. The number of hydrogen-bond acceptors (Lipinski definition) is 3. The molecule has 0 bridgehead atoms. The number of anilines is 8. The van der Waals surface area contributed by atoms with Crippen LogP contribution < -0.4 is 31.1 Å². The summed E-state index contributed by atoms with van der Waals surface area (Å²) < 4.78 is 0. The molecule has 0 aliphatic carbocycles. The molecule has 0 spiro atoms. The summed E-state index contributed by atoms with van der Waals surface area (Å²) in [6, 6.07) is 53.1. The highest BCUT2D eigenvalue weighted by molar-refractivity contribution is 7.00. The summed E-state index contributed by atoms with van der Waals surface area (Å²) in [4.78, 5) is 7.15. The van der Waals surface area contributed by atoms with Crippen molar-refractivity contribution in [2.75, 3.05) is 14.7 Å². The van der Waals surface area contributed by atoms with Crippen molar-refractivity contribution in [2.24, 2.45) is 0 Å². The van der Waals surface area contributed by atoms with Gasteiger partial charge in [0.25, 0.3) is 6.71 Å². The number of rotatable bonds is 7. The lowest BCUT2D eigenvalue weighted by molar-refractivity contribution is 0.590. The molecule has 0 saturated carbocycles. The zero-order chi connectivity index (χ0) is 35.1. The molecule has 3 nitrogen and oxygen atoms in total. The maximum Gasteiger partial charge on any atom is 0.252 e. The van der Waals surface area contributed by atoms with Crippen LogP contribution in [0.5, 0.6) is 0 Å². The minimum absolute atomic E-state index is 0.0550. The van der Waals surface area contributed by atoms with Gasteiger partial charge in [0, 0.05) is 51.2 Å². The largest absolute Gasteiger partial charge is 0.311 e. The predicted molar refractivity (Wildman–Crippen MR) is 221 cm³/mol. The van der Waals surface area contributed by atoms with Crippen molar-refractivity contribution in [3.63, 3.8) is 0 Å². The van der Waals surface area contributed by atoms with E-state index in [0.717, 1.165) is 28.4 Å². The van der Waals surface area contributed by atoms with Crippen molar-refractivity contribution in [3.05, 3.63) is 188 Å². The van der Waals surface area contributed by atoms with E-state index >= 15 is 0 Å². The minimum Gasteiger partial charge on any atom is -0.311 e. The molecule has 0 fully saturated rings. The predicted octanol–water partition coefficient (Wildman–Crippen LogP) is 10.9. The molecule has 2 aliphatic heterocycles. The maximum atomic E-state index is 4.54. The van der Waals surface area contributed by atoms with E-state index in [1.54, 1.807) is 0 Å². The topological polar surface area (TPSA) is 9.72 Å². The normalized spacial score (nSPS) is 13.3. The van der Waals surface area contributed by atoms with Crippen molar-refractivity contribution in [2.45, 2.75) is 33.1 Å². The SMILES string of the molecule is C=C(/C=C\C=C/C)N(c1ccccc1)c1ccc2c(c1)N(c1ccc(C(C)(C)C)cc1)c1cccc3c1B2c1ccccc1N3c1ccccc1. The Kier molecular flexibility index (Phi) is 8.24. The second-order valence-corrected chi connectivity index (χ2v) is 14.3. The Morgan fingerprint density at radius 3 is 1.86 bits per heavy atom. The lowest BCUT2D eigenvalue weighted by atomic mass is 9.33. The molecule has 6 aromatic rings. The molecule has 0 radical (unpaired) electrons. The van der Waals surface area contributed by atoms with Crippen molar-refractivity contribution < 1.29 is 0 Å². The van der Waals surface area contributed by atoms with Gasteiger partial charge in [0.15, 0.2) is 0 Å². The molecule has 0 N–H and O–H groups in total. The van der Waals surface area contributed by atoms with Gasteiger partial charge in [0.05, 0.1) is 0 Å². The quantitative estimate of drug-likeness (QED) is 0.125. The maximum absolute atomic E-state index is 4.54. The fraction of sp³-hybridized carbons (Fsp3) is 0.106. The highest BCUT2D eigenvalue weighted by Gasteiger charge is 2.43. The van der Waals surface area contributed by atoms with Crippen LogP contribution in [0.2, 0.25) is 0 Å². The molecule has 2 aliphatic rings. The summed E-state index contributed by atoms with van der Waals surface area (Å²) in [6.45, 7) is 13.4. The summed E-state index contributed by atoms with van der Waals surface area (Å²) in [5.74, 6) is 0. The smallest absolute Gasteiger partial charge is 0.252 e. The Morgan fingerprint density at radius 1 is 0.588 bits per heavy atom. The molecule has 4 heteroatoms. The minimum atomic E-state index is 0.0550. The van der Waals surface area contributed by atoms with Crippen LogP contribution in [0, 0.1) is 0 Å². The number of benzene rings is 6. The number of fused-ring (bicyclic) bond motifs is 4. The highest BCUT2D eigenvalue weighted by Crippen LogP contribution is 2.45. The Balaban J connectivity index is 1.39. The molecule has 248 valence electrons. The number of allylic oxidation sites excluding steroid dienone is 4. The van der Waals surface area contributed by atoms with Crippen LogP contribution in [-0.4, -0.2) is 6.71 Å². The first-order valence-electron chi connectivity index (χ1n) is 17.8. The number of hydrogen-bond donors (Lipinski definition) is 0. The van der Waals surface area contributed by atoms with E-state index in [0.29, 0.717) is 0 Å². The lowest BCUT2D eigenvalue weighted by Gasteiger charge is -2.44. The van der Waals surface area contributed by atoms with Crippen molar-refractivity contribution in [3.8, 4) is 0 Å². The van der Waals surface area contributed by atoms with Gasteiger partial charge in [-0.2, -0.15) is 0 Å². The standard InChI is InChI=1S/C47H42BN3/c1-6-7-10-18-34(2)49(36-19-11-8-12-20-36)39-31-32-41-45(33-39)51(38-29-27-35(28-30-38)47(3,4)5)44-26-17-25-43-46(44)48(41)40-23-15-16-24-42(40)50(43)37-21-13-9-14-22-37/h6-33H,2H2,1,3-5H3/b7-6-,18-10-. The molecule has 0 saturated heterocycles. The summed E-state index contributed by atoms with van der Waals surface area (Å²) in [7, 11) is 0. The van der Waals surface area contributed by atoms with E-state index in [1.165, 1.54) is 44.7 Å². The van der Waals surface area contributed by atoms with Crippen molar-refractivity contribution in [1.29, 1.82) is 0 Å². The van der Waals surface area contributed by atoms with E-state index in [1.807, 2.05) is 19.1 Å². The van der Waals surface area contributed by atoms with Crippen LogP contribution in [0.3, 0.4) is 0 Å². The molecular weight excluding hydrogens is 617 g/mol. The van der Waals surface area contributed by atoms with Gasteiger partial charge in [-0.1, -0.05) is 124 Å². The summed E-state index contributed by atoms with van der Waals surface area (Å²) >= 11 is 0. The average molecular weight is 660 g/mol. The van der Waals surface area contributed by atoms with Gasteiger partial charge in [-0.15, -0.1) is 0 Å². The van der Waals surface area contributed by atoms with Crippen molar-refractivity contribution in [1.82, 2.24) is 0 Å². The van der Waals surface area contributed by atoms with Gasteiger partial charge in [-0.25, -0.2) is 0 Å². The first kappa shape index (κ1) is 32.2. The van der Waals surface area contributed by atoms with Gasteiger partial charge in [0.1, 0.15) is 0 Å². The Bertz CT molecular complexity index is 2280. The molecule has 0 aromatic heterocycles. The van der Waals surface area contributed by atoms with Crippen LogP contribution in [-0.2, 0) is 5.41 Å². The van der Waals surface area contributed by atoms with Crippen LogP contribution in [0.4, 0.5) is 45.5 Å². The molecule has 0 unspecified atom stereocenters. The third-order valence-corrected chi connectivity index (χ3v) is 10.0. The molecule has 8 rings (SSSR count). The third-order valence-electron chi connectivity index (χ3n) is 10.0. The van der Waals surface area contributed by atoms with E-state index in [-0.39, 0.29) is 12.1 Å². The van der Waals surface area contributed by atoms with Crippen LogP contribution in [0.25, 0.3) is 0 Å². The van der Waals surface area contributed by atoms with E-state index in [4.69, 9.17) is 0 Å². The number of para-hydroxylation sites is 3. The summed E-state index contributed by atoms with van der Waals surface area (Å²) in [5, 5.41) is 0. The zero-order valence-electron chi connectivity index (χ0n) is 29.8. The molecular formula is C47H42BN3. The Morgan fingerprint density at radius 2 is 1.18 bits per heavy atom. The first-order chi connectivity index (χ1) is 24.8. The zero-order valence-corrected chi connectivity index (χ0v) is 29.8. The van der Waals surface area contributed by atoms with Gasteiger partial charge < -0.3 is 14.7 Å². The summed E-state index contributed by atoms with van der Waals surface area (Å²) in [5.41, 5.74) is 15.4. The van der Waals surface area contributed by atoms with Gasteiger partial charge in [-0.3, -0.25) is 0 Å². The lowest BCUT2D eigenvalue weighted by Crippen LogP contribution is -2.61. The van der Waals surface area contributed by atoms with Crippen LogP contribution >= 0.6 is 0 Å². The van der Waals surface area contributed by atoms with E-state index in [2.05, 4.69) is 200 Å². The molecule has 6 aromatic carbocycles. The number of nitrogens with zero attached hydrogens (tertiary/aromatic N) is 3.